The summed E-state index contributed by atoms with van der Waals surface area (Å²) in [5.74, 6) is -1.06. The summed E-state index contributed by atoms with van der Waals surface area (Å²) in [6.07, 6.45) is 4.16. The van der Waals surface area contributed by atoms with Gasteiger partial charge in [-0.25, -0.2) is 0 Å². The second-order valence-electron chi connectivity index (χ2n) is 6.01. The smallest absolute Gasteiger partial charge is 0.305 e. The Hall–Kier alpha value is -2.22. The van der Waals surface area contributed by atoms with Crippen molar-refractivity contribution < 1.29 is 23.6 Å². The van der Waals surface area contributed by atoms with E-state index in [2.05, 4.69) is 0 Å². The molecule has 1 saturated heterocycles. The fraction of sp³-hybridized carbons (Fsp3) is 0.562. The van der Waals surface area contributed by atoms with Gasteiger partial charge in [-0.15, -0.1) is 0 Å². The zero-order chi connectivity index (χ0) is 17.1. The van der Waals surface area contributed by atoms with E-state index in [-0.39, 0.29) is 30.4 Å². The Kier molecular flexibility index (Phi) is 4.94. The van der Waals surface area contributed by atoms with Gasteiger partial charge in [-0.1, -0.05) is 12.8 Å². The van der Waals surface area contributed by atoms with Crippen LogP contribution in [0.15, 0.2) is 18.2 Å². The van der Waals surface area contributed by atoms with Crippen LogP contribution in [0.5, 0.6) is 5.75 Å². The fourth-order valence-corrected chi connectivity index (χ4v) is 3.36. The number of ether oxygens (including phenoxy) is 2. The minimum atomic E-state index is -0.983. The average molecular weight is 338 g/mol. The number of hydrogen-bond acceptors (Lipinski definition) is 5. The molecule has 1 aromatic rings. The van der Waals surface area contributed by atoms with Gasteiger partial charge in [0.25, 0.3) is 5.91 Å². The maximum atomic E-state index is 13.6. The van der Waals surface area contributed by atoms with E-state index in [1.807, 2.05) is 0 Å². The van der Waals surface area contributed by atoms with E-state index in [1.165, 1.54) is 6.07 Å². The number of hydrogen-bond donors (Lipinski definition) is 0. The van der Waals surface area contributed by atoms with Gasteiger partial charge < -0.3 is 14.4 Å². The quantitative estimate of drug-likeness (QED) is 0.621. The lowest BCUT2D eigenvalue weighted by molar-refractivity contribution is -0.387. The third-order valence-electron chi connectivity index (χ3n) is 4.53. The molecule has 0 spiro atoms. The van der Waals surface area contributed by atoms with Gasteiger partial charge in [0.1, 0.15) is 5.75 Å². The summed E-state index contributed by atoms with van der Waals surface area (Å²) in [6.45, 7) is 0.817. The van der Waals surface area contributed by atoms with E-state index >= 15 is 0 Å². The summed E-state index contributed by atoms with van der Waals surface area (Å²) in [6, 6.07) is 3.32. The summed E-state index contributed by atoms with van der Waals surface area (Å²) in [7, 11) is 0. The standard InChI is InChI=1S/C16H19FN2O5/c17-12-9-11(5-6-13(12)19(21)22)24-10-16(20)18-7-8-23-15-4-2-1-3-14(15)18/h5-6,9,14-15H,1-4,7-8,10H2/t14-,15-/m0/s1. The van der Waals surface area contributed by atoms with Crippen LogP contribution in [0.25, 0.3) is 0 Å². The zero-order valence-electron chi connectivity index (χ0n) is 13.2. The van der Waals surface area contributed by atoms with Gasteiger partial charge in [0.15, 0.2) is 6.61 Å². The molecular weight excluding hydrogens is 319 g/mol. The molecule has 3 rings (SSSR count). The van der Waals surface area contributed by atoms with Crippen LogP contribution >= 0.6 is 0 Å². The van der Waals surface area contributed by atoms with Crippen LogP contribution in [0, 0.1) is 15.9 Å². The molecule has 1 saturated carbocycles. The Morgan fingerprint density at radius 1 is 1.42 bits per heavy atom. The van der Waals surface area contributed by atoms with Crippen LogP contribution < -0.4 is 4.74 Å². The number of carbonyl (C=O) groups excluding carboxylic acids is 1. The molecule has 0 N–H and O–H groups in total. The molecule has 1 aliphatic carbocycles. The van der Waals surface area contributed by atoms with E-state index in [4.69, 9.17) is 9.47 Å². The molecule has 8 heteroatoms. The molecule has 1 heterocycles. The number of nitrogens with zero attached hydrogens (tertiary/aromatic N) is 2. The molecule has 0 aromatic heterocycles. The Morgan fingerprint density at radius 3 is 2.96 bits per heavy atom. The van der Waals surface area contributed by atoms with Crippen molar-refractivity contribution in [2.45, 2.75) is 37.8 Å². The van der Waals surface area contributed by atoms with E-state index in [0.717, 1.165) is 37.8 Å². The van der Waals surface area contributed by atoms with Crippen LogP contribution in [0.2, 0.25) is 0 Å². The first kappa shape index (κ1) is 16.6. The lowest BCUT2D eigenvalue weighted by Crippen LogP contribution is -2.55. The van der Waals surface area contributed by atoms with Gasteiger partial charge in [0.05, 0.1) is 23.7 Å². The normalized spacial score (nSPS) is 23.5. The van der Waals surface area contributed by atoms with Gasteiger partial charge in [-0.05, 0) is 18.9 Å². The van der Waals surface area contributed by atoms with E-state index < -0.39 is 16.4 Å². The molecule has 1 aromatic carbocycles. The van der Waals surface area contributed by atoms with E-state index in [9.17, 15) is 19.3 Å². The lowest BCUT2D eigenvalue weighted by Gasteiger charge is -2.43. The minimum absolute atomic E-state index is 0.0807. The molecule has 130 valence electrons. The van der Waals surface area contributed by atoms with Crippen LogP contribution in [0.1, 0.15) is 25.7 Å². The molecule has 1 amide bonds. The summed E-state index contributed by atoms with van der Waals surface area (Å²) in [4.78, 5) is 24.0. The van der Waals surface area contributed by atoms with Crippen molar-refractivity contribution in [2.75, 3.05) is 19.8 Å². The Labute approximate surface area is 138 Å². The Bertz CT molecular complexity index is 637. The SMILES string of the molecule is O=C(COc1ccc([N+](=O)[O-])c(F)c1)N1CCO[C@H]2CCCC[C@@H]21. The number of rotatable bonds is 4. The van der Waals surface area contributed by atoms with Gasteiger partial charge in [-0.2, -0.15) is 4.39 Å². The second-order valence-corrected chi connectivity index (χ2v) is 6.01. The Morgan fingerprint density at radius 2 is 2.21 bits per heavy atom. The van der Waals surface area contributed by atoms with Gasteiger partial charge in [-0.3, -0.25) is 14.9 Å². The summed E-state index contributed by atoms with van der Waals surface area (Å²) in [5.41, 5.74) is -0.619. The first-order valence-corrected chi connectivity index (χ1v) is 8.04. The summed E-state index contributed by atoms with van der Waals surface area (Å²) in [5, 5.41) is 10.6. The molecule has 1 aliphatic heterocycles. The number of morpholine rings is 1. The van der Waals surface area contributed by atoms with Crippen LogP contribution in [-0.2, 0) is 9.53 Å². The third-order valence-corrected chi connectivity index (χ3v) is 4.53. The number of fused-ring (bicyclic) bond motifs is 1. The van der Waals surface area contributed by atoms with E-state index in [1.54, 1.807) is 4.90 Å². The highest BCUT2D eigenvalue weighted by Crippen LogP contribution is 2.28. The molecule has 0 bridgehead atoms. The van der Waals surface area contributed by atoms with Crippen molar-refractivity contribution in [1.82, 2.24) is 4.90 Å². The van der Waals surface area contributed by atoms with Crippen LogP contribution in [0.4, 0.5) is 10.1 Å². The highest BCUT2D eigenvalue weighted by molar-refractivity contribution is 5.78. The first-order chi connectivity index (χ1) is 11.6. The molecule has 0 radical (unpaired) electrons. The molecular formula is C16H19FN2O5. The minimum Gasteiger partial charge on any atom is -0.484 e. The number of carbonyl (C=O) groups is 1. The molecule has 24 heavy (non-hydrogen) atoms. The maximum Gasteiger partial charge on any atom is 0.305 e. The maximum absolute atomic E-state index is 13.6. The predicted molar refractivity (Wildman–Crippen MR) is 82.3 cm³/mol. The summed E-state index contributed by atoms with van der Waals surface area (Å²) < 4.78 is 24.6. The fourth-order valence-electron chi connectivity index (χ4n) is 3.36. The molecule has 2 aliphatic rings. The van der Waals surface area contributed by atoms with E-state index in [0.29, 0.717) is 13.2 Å². The van der Waals surface area contributed by atoms with Crippen molar-refractivity contribution in [1.29, 1.82) is 0 Å². The molecule has 2 fully saturated rings. The third kappa shape index (κ3) is 3.48. The van der Waals surface area contributed by atoms with Gasteiger partial charge in [0.2, 0.25) is 5.82 Å². The molecule has 2 atom stereocenters. The monoisotopic (exact) mass is 338 g/mol. The van der Waals surface area contributed by atoms with Crippen molar-refractivity contribution >= 4 is 11.6 Å². The van der Waals surface area contributed by atoms with Crippen molar-refractivity contribution in [3.63, 3.8) is 0 Å². The number of halogens is 1. The molecule has 0 unspecified atom stereocenters. The highest BCUT2D eigenvalue weighted by Gasteiger charge is 2.36. The topological polar surface area (TPSA) is 81.9 Å². The zero-order valence-corrected chi connectivity index (χ0v) is 13.2. The largest absolute Gasteiger partial charge is 0.484 e. The van der Waals surface area contributed by atoms with Crippen LogP contribution in [-0.4, -0.2) is 47.6 Å². The summed E-state index contributed by atoms with van der Waals surface area (Å²) >= 11 is 0. The van der Waals surface area contributed by atoms with Crippen molar-refractivity contribution in [3.8, 4) is 5.75 Å². The average Bonchev–Trinajstić information content (AvgIpc) is 2.59. The van der Waals surface area contributed by atoms with Crippen molar-refractivity contribution in [2.24, 2.45) is 0 Å². The van der Waals surface area contributed by atoms with Gasteiger partial charge in [0, 0.05) is 18.7 Å². The number of amides is 1. The predicted octanol–water partition coefficient (Wildman–Crippen LogP) is 2.28. The Balaban J connectivity index is 1.60. The first-order valence-electron chi connectivity index (χ1n) is 8.04. The van der Waals surface area contributed by atoms with Crippen LogP contribution in [0.3, 0.4) is 0 Å². The number of nitro benzene ring substituents is 1. The lowest BCUT2D eigenvalue weighted by atomic mass is 9.90. The van der Waals surface area contributed by atoms with Crippen molar-refractivity contribution in [3.05, 3.63) is 34.1 Å². The number of benzene rings is 1. The highest BCUT2D eigenvalue weighted by atomic mass is 19.1. The number of nitro groups is 1. The van der Waals surface area contributed by atoms with Gasteiger partial charge >= 0.3 is 5.69 Å². The second kappa shape index (κ2) is 7.12. The molecule has 7 nitrogen and oxygen atoms in total.